The topological polar surface area (TPSA) is 157 Å². The second kappa shape index (κ2) is 9.37. The summed E-state index contributed by atoms with van der Waals surface area (Å²) in [5.41, 5.74) is -0.580. The smallest absolute Gasteiger partial charge is 0.270 e. The third kappa shape index (κ3) is 5.14. The molecular weight excluding hydrogens is 465 g/mol. The van der Waals surface area contributed by atoms with Crippen LogP contribution in [0.15, 0.2) is 54.7 Å². The standard InChI is InChI=1S/C19H11Cl2N5O6/c20-15-4-2-11(25(29)30)7-13(15)18(27)23-10-1-6-17(22-9-10)24-19(28)14-8-12(26(31)32)3-5-16(14)21/h1-9H,(H,23,27)(H,22,24,28). The first-order valence-electron chi connectivity index (χ1n) is 8.62. The number of rotatable bonds is 6. The molecule has 2 aromatic carbocycles. The van der Waals surface area contributed by atoms with Crippen LogP contribution in [0.4, 0.5) is 22.9 Å². The minimum atomic E-state index is -0.716. The van der Waals surface area contributed by atoms with Crippen LogP contribution in [-0.4, -0.2) is 26.6 Å². The van der Waals surface area contributed by atoms with Crippen LogP contribution in [0.1, 0.15) is 20.7 Å². The van der Waals surface area contributed by atoms with E-state index >= 15 is 0 Å². The van der Waals surface area contributed by atoms with Gasteiger partial charge in [0.25, 0.3) is 23.2 Å². The number of carbonyl (C=O) groups excluding carboxylic acids is 2. The zero-order chi connectivity index (χ0) is 23.4. The fraction of sp³-hybridized carbons (Fsp3) is 0. The lowest BCUT2D eigenvalue weighted by Crippen LogP contribution is -2.15. The van der Waals surface area contributed by atoms with Gasteiger partial charge in [-0.05, 0) is 24.3 Å². The van der Waals surface area contributed by atoms with Crippen molar-refractivity contribution in [1.29, 1.82) is 0 Å². The monoisotopic (exact) mass is 475 g/mol. The Morgan fingerprint density at radius 2 is 1.28 bits per heavy atom. The van der Waals surface area contributed by atoms with Crippen molar-refractivity contribution < 1.29 is 19.4 Å². The number of nitrogens with zero attached hydrogens (tertiary/aromatic N) is 3. The van der Waals surface area contributed by atoms with Gasteiger partial charge >= 0.3 is 0 Å². The summed E-state index contributed by atoms with van der Waals surface area (Å²) in [6.07, 6.45) is 1.23. The first kappa shape index (κ1) is 22.6. The molecule has 0 fully saturated rings. The average molecular weight is 476 g/mol. The predicted molar refractivity (Wildman–Crippen MR) is 116 cm³/mol. The van der Waals surface area contributed by atoms with Crippen LogP contribution in [0.25, 0.3) is 0 Å². The Kier molecular flexibility index (Phi) is 6.61. The molecule has 3 rings (SSSR count). The van der Waals surface area contributed by atoms with Gasteiger partial charge in [-0.25, -0.2) is 4.98 Å². The minimum Gasteiger partial charge on any atom is -0.321 e. The van der Waals surface area contributed by atoms with Gasteiger partial charge in [-0.15, -0.1) is 0 Å². The number of carbonyl (C=O) groups is 2. The number of halogens is 2. The van der Waals surface area contributed by atoms with E-state index in [9.17, 15) is 29.8 Å². The third-order valence-corrected chi connectivity index (χ3v) is 4.73. The fourth-order valence-electron chi connectivity index (χ4n) is 2.53. The normalized spacial score (nSPS) is 10.3. The number of nitro groups is 2. The van der Waals surface area contributed by atoms with Crippen LogP contribution < -0.4 is 10.6 Å². The number of hydrogen-bond donors (Lipinski definition) is 2. The molecule has 32 heavy (non-hydrogen) atoms. The summed E-state index contributed by atoms with van der Waals surface area (Å²) in [5.74, 6) is -1.32. The molecule has 11 nitrogen and oxygen atoms in total. The molecule has 13 heteroatoms. The number of hydrogen-bond acceptors (Lipinski definition) is 7. The molecule has 1 aromatic heterocycles. The van der Waals surface area contributed by atoms with Gasteiger partial charge in [-0.1, -0.05) is 23.2 Å². The minimum absolute atomic E-state index is 0.0193. The van der Waals surface area contributed by atoms with E-state index in [0.29, 0.717) is 0 Å². The molecular formula is C19H11Cl2N5O6. The summed E-state index contributed by atoms with van der Waals surface area (Å²) in [5, 5.41) is 26.8. The lowest BCUT2D eigenvalue weighted by molar-refractivity contribution is -0.385. The molecule has 2 N–H and O–H groups in total. The fourth-order valence-corrected chi connectivity index (χ4v) is 2.93. The van der Waals surface area contributed by atoms with E-state index in [0.717, 1.165) is 12.1 Å². The van der Waals surface area contributed by atoms with Crippen molar-refractivity contribution in [2.75, 3.05) is 10.6 Å². The summed E-state index contributed by atoms with van der Waals surface area (Å²) in [6, 6.07) is 9.69. The Hall–Kier alpha value is -4.09. The Morgan fingerprint density at radius 3 is 1.72 bits per heavy atom. The van der Waals surface area contributed by atoms with Crippen LogP contribution >= 0.6 is 23.2 Å². The largest absolute Gasteiger partial charge is 0.321 e. The van der Waals surface area contributed by atoms with Crippen LogP contribution in [0.5, 0.6) is 0 Å². The average Bonchev–Trinajstić information content (AvgIpc) is 2.75. The summed E-state index contributed by atoms with van der Waals surface area (Å²) < 4.78 is 0. The van der Waals surface area contributed by atoms with Crippen molar-refractivity contribution in [2.24, 2.45) is 0 Å². The number of non-ortho nitro benzene ring substituents is 2. The molecule has 0 saturated heterocycles. The van der Waals surface area contributed by atoms with Crippen LogP contribution in [0.2, 0.25) is 10.0 Å². The van der Waals surface area contributed by atoms with Gasteiger partial charge in [0.2, 0.25) is 0 Å². The maximum absolute atomic E-state index is 12.4. The van der Waals surface area contributed by atoms with E-state index in [1.54, 1.807) is 0 Å². The number of benzene rings is 2. The van der Waals surface area contributed by atoms with Crippen molar-refractivity contribution >= 4 is 57.9 Å². The Morgan fingerprint density at radius 1 is 0.781 bits per heavy atom. The molecule has 0 atom stereocenters. The second-order valence-electron chi connectivity index (χ2n) is 6.18. The Balaban J connectivity index is 1.72. The van der Waals surface area contributed by atoms with Crippen LogP contribution in [0.3, 0.4) is 0 Å². The highest BCUT2D eigenvalue weighted by atomic mass is 35.5. The summed E-state index contributed by atoms with van der Waals surface area (Å²) >= 11 is 11.9. The van der Waals surface area contributed by atoms with E-state index in [4.69, 9.17) is 23.2 Å². The quantitative estimate of drug-likeness (QED) is 0.385. The molecule has 0 saturated carbocycles. The summed E-state index contributed by atoms with van der Waals surface area (Å²) in [6.45, 7) is 0. The number of amides is 2. The molecule has 3 aromatic rings. The van der Waals surface area contributed by atoms with Crippen molar-refractivity contribution in [3.8, 4) is 0 Å². The predicted octanol–water partition coefficient (Wildman–Crippen LogP) is 4.71. The lowest BCUT2D eigenvalue weighted by Gasteiger charge is -2.09. The second-order valence-corrected chi connectivity index (χ2v) is 7.00. The molecule has 0 aliphatic carbocycles. The summed E-state index contributed by atoms with van der Waals surface area (Å²) in [4.78, 5) is 49.2. The molecule has 0 unspecified atom stereocenters. The van der Waals surface area contributed by atoms with E-state index in [1.807, 2.05) is 0 Å². The highest BCUT2D eigenvalue weighted by Crippen LogP contribution is 2.24. The van der Waals surface area contributed by atoms with Crippen molar-refractivity contribution in [1.82, 2.24) is 4.98 Å². The van der Waals surface area contributed by atoms with Gasteiger partial charge in [0.15, 0.2) is 0 Å². The van der Waals surface area contributed by atoms with Gasteiger partial charge in [-0.3, -0.25) is 29.8 Å². The van der Waals surface area contributed by atoms with Gasteiger partial charge in [-0.2, -0.15) is 0 Å². The van der Waals surface area contributed by atoms with Crippen molar-refractivity contribution in [2.45, 2.75) is 0 Å². The first-order chi connectivity index (χ1) is 15.2. The van der Waals surface area contributed by atoms with Crippen molar-refractivity contribution in [3.05, 3.63) is 96.1 Å². The van der Waals surface area contributed by atoms with E-state index in [1.165, 1.54) is 42.6 Å². The Labute approximate surface area is 189 Å². The lowest BCUT2D eigenvalue weighted by atomic mass is 10.2. The van der Waals surface area contributed by atoms with Gasteiger partial charge in [0, 0.05) is 24.3 Å². The number of pyridine rings is 1. The third-order valence-electron chi connectivity index (χ3n) is 4.07. The van der Waals surface area contributed by atoms with E-state index in [-0.39, 0.29) is 44.1 Å². The van der Waals surface area contributed by atoms with Crippen molar-refractivity contribution in [3.63, 3.8) is 0 Å². The van der Waals surface area contributed by atoms with Gasteiger partial charge in [0.1, 0.15) is 5.82 Å². The number of anilines is 2. The molecule has 2 amide bonds. The number of aromatic nitrogens is 1. The zero-order valence-electron chi connectivity index (χ0n) is 15.7. The number of nitrogens with one attached hydrogen (secondary N) is 2. The molecule has 0 spiro atoms. The maximum atomic E-state index is 12.4. The van der Waals surface area contributed by atoms with Crippen LogP contribution in [0, 0.1) is 20.2 Å². The molecule has 0 aliphatic heterocycles. The molecule has 0 radical (unpaired) electrons. The maximum Gasteiger partial charge on any atom is 0.270 e. The SMILES string of the molecule is O=C(Nc1ccc(NC(=O)c2cc([N+](=O)[O-])ccc2Cl)nc1)c1cc([N+](=O)[O-])ccc1Cl. The van der Waals surface area contributed by atoms with E-state index in [2.05, 4.69) is 15.6 Å². The highest BCUT2D eigenvalue weighted by Gasteiger charge is 2.18. The molecule has 0 bridgehead atoms. The molecule has 0 aliphatic rings. The number of nitro benzene ring substituents is 2. The molecule has 1 heterocycles. The first-order valence-corrected chi connectivity index (χ1v) is 9.38. The van der Waals surface area contributed by atoms with E-state index < -0.39 is 21.7 Å². The van der Waals surface area contributed by atoms with Crippen LogP contribution in [-0.2, 0) is 0 Å². The Bertz CT molecular complexity index is 1150. The summed E-state index contributed by atoms with van der Waals surface area (Å²) in [7, 11) is 0. The zero-order valence-corrected chi connectivity index (χ0v) is 17.3. The van der Waals surface area contributed by atoms with Gasteiger partial charge in [0.05, 0.1) is 42.9 Å². The molecule has 162 valence electrons. The highest BCUT2D eigenvalue weighted by molar-refractivity contribution is 6.35. The van der Waals surface area contributed by atoms with Gasteiger partial charge < -0.3 is 10.6 Å².